The number of aryl methyl sites for hydroxylation is 1. The fourth-order valence-corrected chi connectivity index (χ4v) is 1.58. The summed E-state index contributed by atoms with van der Waals surface area (Å²) in [5.74, 6) is 0. The molecule has 0 atom stereocenters. The van der Waals surface area contributed by atoms with E-state index in [1.807, 2.05) is 18.5 Å². The molecule has 0 saturated heterocycles. The molecule has 14 heavy (non-hydrogen) atoms. The maximum absolute atomic E-state index is 4.10. The second-order valence-corrected chi connectivity index (χ2v) is 3.73. The van der Waals surface area contributed by atoms with Crippen molar-refractivity contribution < 1.29 is 0 Å². The summed E-state index contributed by atoms with van der Waals surface area (Å²) in [6, 6.07) is 4.17. The average Bonchev–Trinajstić information content (AvgIpc) is 2.25. The van der Waals surface area contributed by atoms with Gasteiger partial charge in [-0.3, -0.25) is 4.98 Å². The predicted molar refractivity (Wildman–Crippen MR) is 61.0 cm³/mol. The number of pyridine rings is 1. The van der Waals surface area contributed by atoms with Crippen molar-refractivity contribution in [1.29, 1.82) is 0 Å². The molecule has 0 aromatic carbocycles. The van der Waals surface area contributed by atoms with Gasteiger partial charge < -0.3 is 0 Å². The van der Waals surface area contributed by atoms with Crippen LogP contribution in [0, 0.1) is 6.92 Å². The number of aromatic nitrogens is 1. The zero-order valence-electron chi connectivity index (χ0n) is 8.91. The van der Waals surface area contributed by atoms with E-state index in [0.29, 0.717) is 0 Å². The van der Waals surface area contributed by atoms with Gasteiger partial charge >= 0.3 is 0 Å². The zero-order valence-corrected chi connectivity index (χ0v) is 8.91. The van der Waals surface area contributed by atoms with Crippen LogP contribution >= 0.6 is 0 Å². The molecule has 0 aliphatic rings. The molecule has 0 saturated carbocycles. The molecule has 0 spiro atoms. The first kappa shape index (κ1) is 11.2. The molecule has 0 aliphatic carbocycles. The third-order valence-electron chi connectivity index (χ3n) is 2.44. The Labute approximate surface area is 87.6 Å². The van der Waals surface area contributed by atoms with Crippen LogP contribution in [-0.4, -0.2) is 4.98 Å². The van der Waals surface area contributed by atoms with Crippen molar-refractivity contribution in [3.8, 4) is 0 Å². The summed E-state index contributed by atoms with van der Waals surface area (Å²) in [4.78, 5) is 4.10. The molecular weight excluding hydrogens is 170 g/mol. The first-order chi connectivity index (χ1) is 6.93. The minimum atomic E-state index is 1.09. The van der Waals surface area contributed by atoms with Gasteiger partial charge in [0.1, 0.15) is 0 Å². The lowest BCUT2D eigenvalue weighted by molar-refractivity contribution is 0.616. The normalized spacial score (nSPS) is 10.4. The predicted octanol–water partition coefficient (Wildman–Crippen LogP) is 3.80. The lowest BCUT2D eigenvalue weighted by atomic mass is 10.1. The Morgan fingerprint density at radius 2 is 1.86 bits per heavy atom. The molecule has 1 aromatic rings. The van der Waals surface area contributed by atoms with Crippen molar-refractivity contribution in [2.75, 3.05) is 0 Å². The minimum Gasteiger partial charge on any atom is -0.264 e. The van der Waals surface area contributed by atoms with Crippen LogP contribution in [0.25, 0.3) is 0 Å². The van der Waals surface area contributed by atoms with Crippen molar-refractivity contribution in [2.45, 2.75) is 44.9 Å². The fraction of sp³-hybridized carbons (Fsp3) is 0.538. The summed E-state index contributed by atoms with van der Waals surface area (Å²) >= 11 is 0. The van der Waals surface area contributed by atoms with Crippen LogP contribution in [0.1, 0.15) is 44.1 Å². The average molecular weight is 190 g/mol. The van der Waals surface area contributed by atoms with Crippen LogP contribution in [0.5, 0.6) is 0 Å². The zero-order chi connectivity index (χ0) is 10.1. The minimum absolute atomic E-state index is 1.09. The topological polar surface area (TPSA) is 12.9 Å². The van der Waals surface area contributed by atoms with Gasteiger partial charge in [-0.25, -0.2) is 0 Å². The first-order valence-corrected chi connectivity index (χ1v) is 5.61. The maximum atomic E-state index is 4.10. The summed E-state index contributed by atoms with van der Waals surface area (Å²) in [6.07, 6.45) is 12.7. The van der Waals surface area contributed by atoms with E-state index in [9.17, 15) is 0 Å². The Bertz CT molecular complexity index is 218. The molecule has 0 fully saturated rings. The molecular formula is C13H20N. The largest absolute Gasteiger partial charge is 0.264 e. The second-order valence-electron chi connectivity index (χ2n) is 3.73. The van der Waals surface area contributed by atoms with Crippen molar-refractivity contribution in [2.24, 2.45) is 0 Å². The van der Waals surface area contributed by atoms with Crippen molar-refractivity contribution in [3.05, 3.63) is 37.0 Å². The van der Waals surface area contributed by atoms with E-state index in [0.717, 1.165) is 6.42 Å². The third-order valence-corrected chi connectivity index (χ3v) is 2.44. The van der Waals surface area contributed by atoms with Crippen LogP contribution in [0.2, 0.25) is 0 Å². The Kier molecular flexibility index (Phi) is 6.05. The molecule has 0 amide bonds. The van der Waals surface area contributed by atoms with Gasteiger partial charge in [-0.2, -0.15) is 0 Å². The highest BCUT2D eigenvalue weighted by molar-refractivity contribution is 5.08. The molecule has 1 rings (SSSR count). The van der Waals surface area contributed by atoms with E-state index in [1.165, 1.54) is 44.1 Å². The van der Waals surface area contributed by atoms with Crippen molar-refractivity contribution in [1.82, 2.24) is 4.98 Å². The molecule has 1 radical (unpaired) electrons. The van der Waals surface area contributed by atoms with E-state index in [2.05, 4.69) is 18.0 Å². The highest BCUT2D eigenvalue weighted by atomic mass is 14.6. The monoisotopic (exact) mass is 190 g/mol. The van der Waals surface area contributed by atoms with Crippen LogP contribution in [0.3, 0.4) is 0 Å². The third kappa shape index (κ3) is 5.00. The van der Waals surface area contributed by atoms with Gasteiger partial charge in [0.15, 0.2) is 0 Å². The molecule has 1 heterocycles. The summed E-state index contributed by atoms with van der Waals surface area (Å²) in [5.41, 5.74) is 1.37. The van der Waals surface area contributed by atoms with Crippen LogP contribution in [-0.2, 0) is 6.42 Å². The quantitative estimate of drug-likeness (QED) is 0.596. The second kappa shape index (κ2) is 7.54. The van der Waals surface area contributed by atoms with Gasteiger partial charge in [-0.15, -0.1) is 0 Å². The highest BCUT2D eigenvalue weighted by Crippen LogP contribution is 2.08. The number of nitrogens with zero attached hydrogens (tertiary/aromatic N) is 1. The van der Waals surface area contributed by atoms with E-state index < -0.39 is 0 Å². The molecule has 1 aromatic heterocycles. The van der Waals surface area contributed by atoms with Crippen LogP contribution in [0.4, 0.5) is 0 Å². The molecule has 77 valence electrons. The SMILES string of the molecule is [CH2]CCCCCCCc1cccnc1. The van der Waals surface area contributed by atoms with Crippen molar-refractivity contribution >= 4 is 0 Å². The molecule has 1 heteroatoms. The summed E-state index contributed by atoms with van der Waals surface area (Å²) in [6.45, 7) is 3.84. The summed E-state index contributed by atoms with van der Waals surface area (Å²) in [7, 11) is 0. The smallest absolute Gasteiger partial charge is 0.0299 e. The lowest BCUT2D eigenvalue weighted by Crippen LogP contribution is -1.86. The number of hydrogen-bond donors (Lipinski definition) is 0. The van der Waals surface area contributed by atoms with Gasteiger partial charge in [-0.1, -0.05) is 45.1 Å². The summed E-state index contributed by atoms with van der Waals surface area (Å²) < 4.78 is 0. The van der Waals surface area contributed by atoms with E-state index in [4.69, 9.17) is 0 Å². The number of hydrogen-bond acceptors (Lipinski definition) is 1. The molecule has 0 bridgehead atoms. The highest BCUT2D eigenvalue weighted by Gasteiger charge is 1.92. The fourth-order valence-electron chi connectivity index (χ4n) is 1.58. The Morgan fingerprint density at radius 1 is 1.07 bits per heavy atom. The van der Waals surface area contributed by atoms with Crippen molar-refractivity contribution in [3.63, 3.8) is 0 Å². The van der Waals surface area contributed by atoms with Crippen LogP contribution in [0.15, 0.2) is 24.5 Å². The maximum Gasteiger partial charge on any atom is 0.0299 e. The van der Waals surface area contributed by atoms with E-state index in [1.54, 1.807) is 0 Å². The molecule has 0 unspecified atom stereocenters. The number of unbranched alkanes of at least 4 members (excludes halogenated alkanes) is 5. The summed E-state index contributed by atoms with van der Waals surface area (Å²) in [5, 5.41) is 0. The van der Waals surface area contributed by atoms with Gasteiger partial charge in [0.2, 0.25) is 0 Å². The first-order valence-electron chi connectivity index (χ1n) is 5.61. The molecule has 0 N–H and O–H groups in total. The lowest BCUT2D eigenvalue weighted by Gasteiger charge is -2.00. The van der Waals surface area contributed by atoms with E-state index in [-0.39, 0.29) is 0 Å². The Balaban J connectivity index is 1.99. The van der Waals surface area contributed by atoms with Gasteiger partial charge in [0.05, 0.1) is 0 Å². The van der Waals surface area contributed by atoms with Crippen LogP contribution < -0.4 is 0 Å². The molecule has 1 nitrogen and oxygen atoms in total. The standard InChI is InChI=1S/C13H20N/c1-2-3-4-5-6-7-9-13-10-8-11-14-12-13/h8,10-12H,1-7,9H2. The Hall–Kier alpha value is -0.850. The van der Waals surface area contributed by atoms with E-state index >= 15 is 0 Å². The Morgan fingerprint density at radius 3 is 2.57 bits per heavy atom. The molecule has 0 aliphatic heterocycles. The number of rotatable bonds is 7. The van der Waals surface area contributed by atoms with Gasteiger partial charge in [0, 0.05) is 12.4 Å². The van der Waals surface area contributed by atoms with Gasteiger partial charge in [0.25, 0.3) is 0 Å². The van der Waals surface area contributed by atoms with Gasteiger partial charge in [-0.05, 0) is 24.5 Å².